The molecule has 1 amide bonds. The molecule has 10 heteroatoms. The molecule has 1 aromatic rings. The maximum absolute atomic E-state index is 12.3. The van der Waals surface area contributed by atoms with Crippen LogP contribution in [-0.4, -0.2) is 72.1 Å². The van der Waals surface area contributed by atoms with E-state index in [1.54, 1.807) is 4.90 Å². The molecule has 0 saturated carbocycles. The lowest BCUT2D eigenvalue weighted by Gasteiger charge is -2.38. The van der Waals surface area contributed by atoms with Crippen LogP contribution in [0.4, 0.5) is 10.5 Å². The number of hydrogen-bond donors (Lipinski definition) is 0. The van der Waals surface area contributed by atoms with Gasteiger partial charge in [-0.2, -0.15) is 0 Å². The van der Waals surface area contributed by atoms with Crippen molar-refractivity contribution in [3.63, 3.8) is 0 Å². The number of nitro groups is 1. The van der Waals surface area contributed by atoms with Crippen molar-refractivity contribution in [3.05, 3.63) is 34.5 Å². The van der Waals surface area contributed by atoms with E-state index in [9.17, 15) is 14.9 Å². The van der Waals surface area contributed by atoms with E-state index < -0.39 is 10.5 Å². The van der Waals surface area contributed by atoms with Crippen LogP contribution in [0.25, 0.3) is 6.08 Å². The summed E-state index contributed by atoms with van der Waals surface area (Å²) >= 11 is 0. The first-order valence-electron chi connectivity index (χ1n) is 11.7. The van der Waals surface area contributed by atoms with Gasteiger partial charge in [-0.15, -0.1) is 0 Å². The Morgan fingerprint density at radius 1 is 1.32 bits per heavy atom. The van der Waals surface area contributed by atoms with Gasteiger partial charge in [0.2, 0.25) is 5.88 Å². The van der Waals surface area contributed by atoms with Gasteiger partial charge < -0.3 is 23.8 Å². The normalized spacial score (nSPS) is 20.5. The summed E-state index contributed by atoms with van der Waals surface area (Å²) in [4.78, 5) is 28.5. The highest BCUT2D eigenvalue weighted by Crippen LogP contribution is 2.28. The van der Waals surface area contributed by atoms with Crippen LogP contribution in [0.3, 0.4) is 0 Å². The summed E-state index contributed by atoms with van der Waals surface area (Å²) in [5.41, 5.74) is -0.0878. The van der Waals surface area contributed by atoms with Crippen molar-refractivity contribution < 1.29 is 28.7 Å². The SMILES string of the molecule is C1COCCO1.C=Cc1cc([N+](=O)[O-])cnc1OCCC1CCN(C(=O)OC(C)(C)C)C(C)C1. The summed E-state index contributed by atoms with van der Waals surface area (Å²) in [7, 11) is 0. The van der Waals surface area contributed by atoms with Gasteiger partial charge in [-0.1, -0.05) is 12.7 Å². The van der Waals surface area contributed by atoms with Crippen LogP contribution >= 0.6 is 0 Å². The standard InChI is InChI=1S/C20H29N3O5.C4H8O2/c1-6-16-12-17(23(25)26)13-21-18(16)27-10-8-15-7-9-22(14(2)11-15)19(24)28-20(3,4)5;1-2-6-4-3-5-1/h6,12-15H,1,7-11H2,2-5H3;1-4H2. The minimum atomic E-state index is -0.498. The number of amides is 1. The van der Waals surface area contributed by atoms with Crippen molar-refractivity contribution >= 4 is 17.9 Å². The highest BCUT2D eigenvalue weighted by atomic mass is 16.6. The second kappa shape index (κ2) is 13.2. The summed E-state index contributed by atoms with van der Waals surface area (Å²) in [6.07, 6.45) is 5.00. The summed E-state index contributed by atoms with van der Waals surface area (Å²) < 4.78 is 21.1. The molecule has 3 heterocycles. The minimum Gasteiger partial charge on any atom is -0.477 e. The zero-order chi connectivity index (χ0) is 25.1. The van der Waals surface area contributed by atoms with Crippen molar-refractivity contribution in [2.24, 2.45) is 5.92 Å². The average molecular weight is 480 g/mol. The van der Waals surface area contributed by atoms with Gasteiger partial charge in [-0.3, -0.25) is 10.1 Å². The van der Waals surface area contributed by atoms with E-state index in [4.69, 9.17) is 18.9 Å². The molecule has 2 fully saturated rings. The van der Waals surface area contributed by atoms with E-state index in [-0.39, 0.29) is 17.8 Å². The third kappa shape index (κ3) is 9.26. The summed E-state index contributed by atoms with van der Waals surface area (Å²) in [5, 5.41) is 10.8. The Kier molecular flexibility index (Phi) is 10.7. The fourth-order valence-electron chi connectivity index (χ4n) is 3.71. The van der Waals surface area contributed by atoms with Crippen LogP contribution in [-0.2, 0) is 14.2 Å². The van der Waals surface area contributed by atoms with Gasteiger partial charge in [-0.25, -0.2) is 9.78 Å². The van der Waals surface area contributed by atoms with Gasteiger partial charge in [0.15, 0.2) is 0 Å². The fraction of sp³-hybridized carbons (Fsp3) is 0.667. The Bertz CT molecular complexity index is 810. The molecule has 0 spiro atoms. The Labute approximate surface area is 201 Å². The molecule has 2 atom stereocenters. The molecule has 34 heavy (non-hydrogen) atoms. The zero-order valence-electron chi connectivity index (χ0n) is 20.7. The van der Waals surface area contributed by atoms with Crippen LogP contribution in [0.5, 0.6) is 5.88 Å². The van der Waals surface area contributed by atoms with E-state index >= 15 is 0 Å². The Hall–Kier alpha value is -2.72. The molecule has 0 radical (unpaired) electrons. The first kappa shape index (κ1) is 27.5. The monoisotopic (exact) mass is 479 g/mol. The number of ether oxygens (including phenoxy) is 4. The molecule has 2 aliphatic heterocycles. The lowest BCUT2D eigenvalue weighted by molar-refractivity contribution is -0.385. The second-order valence-electron chi connectivity index (χ2n) is 9.32. The first-order chi connectivity index (χ1) is 16.1. The molecule has 10 nitrogen and oxygen atoms in total. The van der Waals surface area contributed by atoms with Crippen LogP contribution < -0.4 is 4.74 Å². The van der Waals surface area contributed by atoms with Crippen molar-refractivity contribution in [2.75, 3.05) is 39.6 Å². The number of nitrogens with zero attached hydrogens (tertiary/aromatic N) is 3. The quantitative estimate of drug-likeness (QED) is 0.434. The van der Waals surface area contributed by atoms with Crippen LogP contribution in [0.1, 0.15) is 52.5 Å². The van der Waals surface area contributed by atoms with Gasteiger partial charge in [-0.05, 0) is 52.9 Å². The summed E-state index contributed by atoms with van der Waals surface area (Å²) in [6.45, 7) is 15.5. The zero-order valence-corrected chi connectivity index (χ0v) is 20.7. The van der Waals surface area contributed by atoms with E-state index in [0.29, 0.717) is 30.5 Å². The van der Waals surface area contributed by atoms with Crippen LogP contribution in [0.2, 0.25) is 0 Å². The summed E-state index contributed by atoms with van der Waals surface area (Å²) in [5.74, 6) is 0.777. The van der Waals surface area contributed by atoms with Crippen LogP contribution in [0, 0.1) is 16.0 Å². The molecule has 2 aliphatic rings. The number of hydrogen-bond acceptors (Lipinski definition) is 8. The molecule has 190 valence electrons. The smallest absolute Gasteiger partial charge is 0.410 e. The van der Waals surface area contributed by atoms with Crippen molar-refractivity contribution in [3.8, 4) is 5.88 Å². The third-order valence-electron chi connectivity index (χ3n) is 5.42. The molecule has 0 aromatic carbocycles. The van der Waals surface area contributed by atoms with Gasteiger partial charge in [0.25, 0.3) is 5.69 Å². The maximum atomic E-state index is 12.3. The molecule has 0 bridgehead atoms. The number of carbonyl (C=O) groups is 1. The molecule has 2 saturated heterocycles. The predicted molar refractivity (Wildman–Crippen MR) is 128 cm³/mol. The number of carbonyl (C=O) groups excluding carboxylic acids is 1. The largest absolute Gasteiger partial charge is 0.477 e. The van der Waals surface area contributed by atoms with Crippen molar-refractivity contribution in [1.29, 1.82) is 0 Å². The predicted octanol–water partition coefficient (Wildman–Crippen LogP) is 4.47. The lowest BCUT2D eigenvalue weighted by Crippen LogP contribution is -2.46. The average Bonchev–Trinajstić information content (AvgIpc) is 2.79. The minimum absolute atomic E-state index is 0.0920. The highest BCUT2D eigenvalue weighted by molar-refractivity contribution is 5.68. The maximum Gasteiger partial charge on any atom is 0.410 e. The Morgan fingerprint density at radius 2 is 1.97 bits per heavy atom. The highest BCUT2D eigenvalue weighted by Gasteiger charge is 2.31. The number of pyridine rings is 1. The number of rotatable bonds is 6. The lowest BCUT2D eigenvalue weighted by atomic mass is 9.89. The van der Waals surface area contributed by atoms with E-state index in [0.717, 1.165) is 45.7 Å². The molecule has 3 rings (SSSR count). The fourth-order valence-corrected chi connectivity index (χ4v) is 3.71. The molecule has 1 aromatic heterocycles. The van der Waals surface area contributed by atoms with Crippen molar-refractivity contribution in [1.82, 2.24) is 9.88 Å². The van der Waals surface area contributed by atoms with Gasteiger partial charge >= 0.3 is 6.09 Å². The Morgan fingerprint density at radius 3 is 2.47 bits per heavy atom. The van der Waals surface area contributed by atoms with Gasteiger partial charge in [0.1, 0.15) is 11.8 Å². The summed E-state index contributed by atoms with van der Waals surface area (Å²) in [6, 6.07) is 1.51. The third-order valence-corrected chi connectivity index (χ3v) is 5.42. The number of piperidine rings is 1. The molecule has 0 aliphatic carbocycles. The second-order valence-corrected chi connectivity index (χ2v) is 9.32. The van der Waals surface area contributed by atoms with E-state index in [1.807, 2.05) is 27.7 Å². The first-order valence-corrected chi connectivity index (χ1v) is 11.7. The molecular weight excluding hydrogens is 442 g/mol. The molecule has 2 unspecified atom stereocenters. The number of aromatic nitrogens is 1. The van der Waals surface area contributed by atoms with E-state index in [1.165, 1.54) is 18.3 Å². The number of likely N-dealkylation sites (tertiary alicyclic amines) is 1. The van der Waals surface area contributed by atoms with Gasteiger partial charge in [0, 0.05) is 24.2 Å². The van der Waals surface area contributed by atoms with Gasteiger partial charge in [0.05, 0.1) is 38.0 Å². The molecule has 0 N–H and O–H groups in total. The Balaban J connectivity index is 0.000000589. The van der Waals surface area contributed by atoms with E-state index in [2.05, 4.69) is 11.6 Å². The molecular formula is C24H37N3O7. The van der Waals surface area contributed by atoms with Crippen molar-refractivity contribution in [2.45, 2.75) is 58.6 Å². The topological polar surface area (TPSA) is 113 Å². The van der Waals surface area contributed by atoms with Crippen LogP contribution in [0.15, 0.2) is 18.8 Å².